The third-order valence-electron chi connectivity index (χ3n) is 5.13. The number of benzene rings is 2. The Bertz CT molecular complexity index is 1060. The van der Waals surface area contributed by atoms with E-state index in [1.54, 1.807) is 24.3 Å². The largest absolute Gasteiger partial charge is 0.422 e. The lowest BCUT2D eigenvalue weighted by Crippen LogP contribution is -2.50. The minimum absolute atomic E-state index is 0. The minimum atomic E-state index is -4.98. The maximum absolute atomic E-state index is 14.0. The summed E-state index contributed by atoms with van der Waals surface area (Å²) in [6.07, 6.45) is -3.30. The zero-order chi connectivity index (χ0) is 22.6. The van der Waals surface area contributed by atoms with Crippen LogP contribution in [0.1, 0.15) is 17.5 Å². The highest BCUT2D eigenvalue weighted by molar-refractivity contribution is 5.87. The number of rotatable bonds is 9. The molecule has 4 N–H and O–H groups in total. The Morgan fingerprint density at radius 1 is 1.12 bits per heavy atom. The lowest BCUT2D eigenvalue weighted by Gasteiger charge is -2.30. The van der Waals surface area contributed by atoms with E-state index in [1.807, 2.05) is 6.07 Å². The van der Waals surface area contributed by atoms with Crippen molar-refractivity contribution < 1.29 is 23.2 Å². The van der Waals surface area contributed by atoms with Crippen molar-refractivity contribution in [2.24, 2.45) is 5.73 Å². The molecule has 0 aliphatic rings. The van der Waals surface area contributed by atoms with Gasteiger partial charge in [-0.3, -0.25) is 10.1 Å². The Kier molecular flexibility index (Phi) is 10.1. The van der Waals surface area contributed by atoms with Crippen molar-refractivity contribution in [3.63, 3.8) is 0 Å². The minimum Gasteiger partial charge on any atom is -0.375 e. The van der Waals surface area contributed by atoms with Crippen LogP contribution >= 0.6 is 24.8 Å². The maximum Gasteiger partial charge on any atom is 0.422 e. The summed E-state index contributed by atoms with van der Waals surface area (Å²) in [6.45, 7) is -0.0640. The predicted octanol–water partition coefficient (Wildman–Crippen LogP) is 4.13. The number of nitrogens with one attached hydrogen (secondary N) is 1. The van der Waals surface area contributed by atoms with Gasteiger partial charge < -0.3 is 20.7 Å². The van der Waals surface area contributed by atoms with Crippen LogP contribution in [-0.4, -0.2) is 40.4 Å². The van der Waals surface area contributed by atoms with Crippen molar-refractivity contribution in [2.75, 3.05) is 19.6 Å². The molecule has 1 atom stereocenters. The number of halogens is 5. The molecule has 1 aromatic heterocycles. The summed E-state index contributed by atoms with van der Waals surface area (Å²) in [4.78, 5) is 10.6. The van der Waals surface area contributed by atoms with Gasteiger partial charge in [-0.25, -0.2) is 0 Å². The molecule has 1 heterocycles. The lowest BCUT2D eigenvalue weighted by atomic mass is 9.92. The molecule has 0 saturated carbocycles. The number of aromatic nitrogens is 1. The van der Waals surface area contributed by atoms with Gasteiger partial charge in [0.2, 0.25) is 0 Å². The van der Waals surface area contributed by atoms with Crippen molar-refractivity contribution in [2.45, 2.75) is 24.7 Å². The Hall–Kier alpha value is -2.37. The second-order valence-corrected chi connectivity index (χ2v) is 7.29. The number of nitrogens with zero attached hydrogens (tertiary/aromatic N) is 2. The van der Waals surface area contributed by atoms with Gasteiger partial charge in [-0.15, -0.1) is 24.8 Å². The average molecular weight is 509 g/mol. The van der Waals surface area contributed by atoms with Gasteiger partial charge >= 0.3 is 6.18 Å². The van der Waals surface area contributed by atoms with Crippen LogP contribution in [0.3, 0.4) is 0 Å². The van der Waals surface area contributed by atoms with Gasteiger partial charge in [-0.2, -0.15) is 13.2 Å². The van der Waals surface area contributed by atoms with Gasteiger partial charge in [0.15, 0.2) is 5.60 Å². The topological polar surface area (TPSA) is 106 Å². The first-order chi connectivity index (χ1) is 14.7. The van der Waals surface area contributed by atoms with Crippen LogP contribution in [0.4, 0.5) is 18.9 Å². The fourth-order valence-electron chi connectivity index (χ4n) is 3.48. The predicted molar refractivity (Wildman–Crippen MR) is 125 cm³/mol. The summed E-state index contributed by atoms with van der Waals surface area (Å²) in [6, 6.07) is 12.6. The molecule has 3 aromatic rings. The van der Waals surface area contributed by atoms with Gasteiger partial charge in [0, 0.05) is 42.4 Å². The van der Waals surface area contributed by atoms with E-state index in [9.17, 15) is 28.4 Å². The molecule has 0 aliphatic carbocycles. The molecule has 0 bridgehead atoms. The number of nitro groups is 1. The first-order valence-electron chi connectivity index (χ1n) is 9.69. The summed E-state index contributed by atoms with van der Waals surface area (Å²) in [5.74, 6) is 0. The molecule has 0 fully saturated rings. The summed E-state index contributed by atoms with van der Waals surface area (Å²) in [7, 11) is 0. The molecule has 0 saturated heterocycles. The smallest absolute Gasteiger partial charge is 0.375 e. The van der Waals surface area contributed by atoms with Gasteiger partial charge in [0.05, 0.1) is 10.4 Å². The zero-order valence-corrected chi connectivity index (χ0v) is 19.1. The summed E-state index contributed by atoms with van der Waals surface area (Å²) < 4.78 is 43.6. The number of aliphatic hydroxyl groups is 1. The van der Waals surface area contributed by atoms with E-state index in [1.165, 1.54) is 22.9 Å². The van der Waals surface area contributed by atoms with E-state index in [0.717, 1.165) is 11.6 Å². The zero-order valence-electron chi connectivity index (χ0n) is 17.4. The molecular weight excluding hydrogens is 484 g/mol. The molecule has 0 radical (unpaired) electrons. The first kappa shape index (κ1) is 28.7. The highest BCUT2D eigenvalue weighted by atomic mass is 35.5. The fourth-order valence-corrected chi connectivity index (χ4v) is 3.48. The number of hydrogen-bond donors (Lipinski definition) is 3. The van der Waals surface area contributed by atoms with Crippen LogP contribution in [0.2, 0.25) is 0 Å². The molecule has 7 nitrogen and oxygen atoms in total. The second-order valence-electron chi connectivity index (χ2n) is 7.29. The number of hydrogen-bond acceptors (Lipinski definition) is 5. The Balaban J connectivity index is 0.00000272. The number of non-ortho nitro benzene ring substituents is 1. The highest BCUT2D eigenvalue weighted by Gasteiger charge is 2.56. The van der Waals surface area contributed by atoms with E-state index in [2.05, 4.69) is 5.32 Å². The van der Waals surface area contributed by atoms with Crippen LogP contribution in [0.25, 0.3) is 10.9 Å². The van der Waals surface area contributed by atoms with Gasteiger partial charge in [-0.1, -0.05) is 30.3 Å². The number of nitrogens with two attached hydrogens (primary N) is 1. The van der Waals surface area contributed by atoms with E-state index >= 15 is 0 Å². The molecule has 0 aliphatic heterocycles. The molecule has 12 heteroatoms. The second kappa shape index (κ2) is 11.7. The molecule has 1 unspecified atom stereocenters. The van der Waals surface area contributed by atoms with Crippen LogP contribution in [-0.2, 0) is 12.1 Å². The Morgan fingerprint density at radius 3 is 2.36 bits per heavy atom. The maximum atomic E-state index is 14.0. The molecule has 33 heavy (non-hydrogen) atoms. The van der Waals surface area contributed by atoms with Crippen molar-refractivity contribution in [3.05, 3.63) is 76.0 Å². The molecule has 0 spiro atoms. The molecule has 2 aromatic carbocycles. The molecular formula is C21H25Cl2F3N4O3. The van der Waals surface area contributed by atoms with E-state index in [-0.39, 0.29) is 60.1 Å². The Morgan fingerprint density at radius 2 is 1.79 bits per heavy atom. The Labute approximate surface area is 200 Å². The number of nitro benzene ring substituents is 1. The first-order valence-corrected chi connectivity index (χ1v) is 9.69. The van der Waals surface area contributed by atoms with Crippen molar-refractivity contribution in [3.8, 4) is 0 Å². The standard InChI is InChI=1S/C21H23F3N4O3.2ClH/c22-21(23,24)20(29,14-26-10-4-9-25)18-13-27(12-15-5-2-1-3-6-15)19-11-16(28(30)31)7-8-17(18)19;;/h1-3,5-8,11,13,26,29H,4,9-10,12,14,25H2;2*1H. The SMILES string of the molecule is Cl.Cl.NCCCNCC(O)(c1cn(Cc2ccccc2)c2cc([N+](=O)[O-])ccc12)C(F)(F)F. The number of fused-ring (bicyclic) bond motifs is 1. The quantitative estimate of drug-likeness (QED) is 0.229. The van der Waals surface area contributed by atoms with Crippen molar-refractivity contribution in [1.82, 2.24) is 9.88 Å². The lowest BCUT2D eigenvalue weighted by molar-refractivity contribution is -0.384. The van der Waals surface area contributed by atoms with Crippen LogP contribution in [0.5, 0.6) is 0 Å². The third-order valence-corrected chi connectivity index (χ3v) is 5.13. The van der Waals surface area contributed by atoms with Crippen LogP contribution in [0, 0.1) is 10.1 Å². The molecule has 182 valence electrons. The van der Waals surface area contributed by atoms with E-state index < -0.39 is 23.2 Å². The summed E-state index contributed by atoms with van der Waals surface area (Å²) in [5, 5.41) is 24.8. The molecule has 0 amide bonds. The summed E-state index contributed by atoms with van der Waals surface area (Å²) >= 11 is 0. The monoisotopic (exact) mass is 508 g/mol. The van der Waals surface area contributed by atoms with Gasteiger partial charge in [-0.05, 0) is 31.1 Å². The summed E-state index contributed by atoms with van der Waals surface area (Å²) in [5.41, 5.74) is 2.63. The van der Waals surface area contributed by atoms with Crippen molar-refractivity contribution in [1.29, 1.82) is 0 Å². The third kappa shape index (κ3) is 6.15. The van der Waals surface area contributed by atoms with Gasteiger partial charge in [0.1, 0.15) is 0 Å². The van der Waals surface area contributed by atoms with Crippen LogP contribution in [0.15, 0.2) is 54.7 Å². The highest BCUT2D eigenvalue weighted by Crippen LogP contribution is 2.43. The van der Waals surface area contributed by atoms with E-state index in [4.69, 9.17) is 5.73 Å². The normalized spacial score (nSPS) is 13.1. The van der Waals surface area contributed by atoms with E-state index in [0.29, 0.717) is 13.0 Å². The van der Waals surface area contributed by atoms with Crippen LogP contribution < -0.4 is 11.1 Å². The fraction of sp³-hybridized carbons (Fsp3) is 0.333. The van der Waals surface area contributed by atoms with Crippen molar-refractivity contribution >= 4 is 41.4 Å². The van der Waals surface area contributed by atoms with Gasteiger partial charge in [0.25, 0.3) is 5.69 Å². The molecule has 3 rings (SSSR count). The average Bonchev–Trinajstić information content (AvgIpc) is 3.09. The number of alkyl halides is 3.